The van der Waals surface area contributed by atoms with Crippen molar-refractivity contribution >= 4 is 28.6 Å². The Morgan fingerprint density at radius 1 is 1.00 bits per heavy atom. The largest absolute Gasteiger partial charge is 0.492 e. The maximum absolute atomic E-state index is 12.4. The van der Waals surface area contributed by atoms with Gasteiger partial charge in [0.1, 0.15) is 19.0 Å². The molecule has 1 unspecified atom stereocenters. The second-order valence-electron chi connectivity index (χ2n) is 6.87. The summed E-state index contributed by atoms with van der Waals surface area (Å²) in [5.41, 5.74) is 1.01. The molecule has 0 bridgehead atoms. The lowest BCUT2D eigenvalue weighted by atomic mass is 10.1. The average molecular weight is 479 g/mol. The fourth-order valence-electron chi connectivity index (χ4n) is 3.29. The van der Waals surface area contributed by atoms with E-state index in [-0.39, 0.29) is 12.0 Å². The Bertz CT molecular complexity index is 699. The molecule has 0 radical (unpaired) electrons. The first-order valence-corrected chi connectivity index (χ1v) is 10.6. The monoisotopic (exact) mass is 479 g/mol. The summed E-state index contributed by atoms with van der Waals surface area (Å²) in [5.74, 6) is 0.677. The van der Waals surface area contributed by atoms with Gasteiger partial charge in [0.05, 0.1) is 12.5 Å². The molecule has 0 aliphatic carbocycles. The lowest BCUT2D eigenvalue weighted by Crippen LogP contribution is -2.44. The highest BCUT2D eigenvalue weighted by molar-refractivity contribution is 14.1. The van der Waals surface area contributed by atoms with Gasteiger partial charge in [0.25, 0.3) is 0 Å². The number of likely N-dealkylation sites (tertiary alicyclic amines) is 1. The minimum absolute atomic E-state index is 0.0489. The number of rotatable bonds is 8. The molecular weight excluding hydrogens is 453 g/mol. The van der Waals surface area contributed by atoms with E-state index in [0.717, 1.165) is 24.4 Å². The molecule has 1 fully saturated rings. The van der Waals surface area contributed by atoms with E-state index >= 15 is 0 Å². The molecule has 1 heterocycles. The van der Waals surface area contributed by atoms with Gasteiger partial charge in [-0.15, -0.1) is 0 Å². The molecule has 3 rings (SSSR count). The van der Waals surface area contributed by atoms with Crippen LogP contribution in [-0.4, -0.2) is 36.6 Å². The maximum atomic E-state index is 12.4. The third kappa shape index (κ3) is 6.81. The van der Waals surface area contributed by atoms with Gasteiger partial charge in [-0.2, -0.15) is 0 Å². The molecule has 4 nitrogen and oxygen atoms in total. The Balaban J connectivity index is 1.55. The van der Waals surface area contributed by atoms with Crippen molar-refractivity contribution in [2.75, 3.05) is 19.7 Å². The molecule has 2 aromatic rings. The van der Waals surface area contributed by atoms with Gasteiger partial charge >= 0.3 is 5.97 Å². The first kappa shape index (κ1) is 20.1. The van der Waals surface area contributed by atoms with Crippen molar-refractivity contribution in [3.8, 4) is 5.75 Å². The van der Waals surface area contributed by atoms with Crippen LogP contribution in [0.5, 0.6) is 5.75 Å². The van der Waals surface area contributed by atoms with E-state index in [1.54, 1.807) is 0 Å². The van der Waals surface area contributed by atoms with Crippen LogP contribution in [0.1, 0.15) is 31.2 Å². The number of nitrogens with zero attached hydrogens (tertiary/aromatic N) is 1. The molecule has 1 aliphatic heterocycles. The first-order valence-electron chi connectivity index (χ1n) is 9.53. The van der Waals surface area contributed by atoms with Crippen LogP contribution in [0.3, 0.4) is 0 Å². The topological polar surface area (TPSA) is 38.8 Å². The SMILES string of the molecule is O=C(CC(COc1ccc(I)cc1)N1CCCCC1)OCc1ccccc1. The van der Waals surface area contributed by atoms with Gasteiger partial charge < -0.3 is 9.47 Å². The summed E-state index contributed by atoms with van der Waals surface area (Å²) in [6, 6.07) is 17.9. The zero-order valence-corrected chi connectivity index (χ0v) is 17.6. The standard InChI is InChI=1S/C22H26INO3/c23-19-9-11-21(12-10-19)26-17-20(24-13-5-2-6-14-24)15-22(25)27-16-18-7-3-1-4-8-18/h1,3-4,7-12,20H,2,5-6,13-17H2. The summed E-state index contributed by atoms with van der Waals surface area (Å²) < 4.78 is 12.7. The number of ether oxygens (including phenoxy) is 2. The fourth-order valence-corrected chi connectivity index (χ4v) is 3.65. The van der Waals surface area contributed by atoms with Gasteiger partial charge in [-0.25, -0.2) is 0 Å². The number of piperidine rings is 1. The van der Waals surface area contributed by atoms with E-state index in [1.807, 2.05) is 54.6 Å². The number of halogens is 1. The molecule has 1 aliphatic rings. The van der Waals surface area contributed by atoms with Crippen LogP contribution in [0.15, 0.2) is 54.6 Å². The molecule has 27 heavy (non-hydrogen) atoms. The Morgan fingerprint density at radius 2 is 1.70 bits per heavy atom. The first-order chi connectivity index (χ1) is 13.2. The summed E-state index contributed by atoms with van der Waals surface area (Å²) in [7, 11) is 0. The number of benzene rings is 2. The second-order valence-corrected chi connectivity index (χ2v) is 8.11. The van der Waals surface area contributed by atoms with Crippen LogP contribution in [0.2, 0.25) is 0 Å². The normalized spacial score (nSPS) is 15.9. The lowest BCUT2D eigenvalue weighted by Gasteiger charge is -2.33. The van der Waals surface area contributed by atoms with Gasteiger partial charge in [0.2, 0.25) is 0 Å². The molecule has 5 heteroatoms. The van der Waals surface area contributed by atoms with E-state index in [9.17, 15) is 4.79 Å². The van der Waals surface area contributed by atoms with E-state index < -0.39 is 0 Å². The van der Waals surface area contributed by atoms with E-state index in [1.165, 1.54) is 22.8 Å². The molecule has 0 N–H and O–H groups in total. The molecule has 0 spiro atoms. The third-order valence-electron chi connectivity index (χ3n) is 4.81. The average Bonchev–Trinajstić information content (AvgIpc) is 2.72. The number of hydrogen-bond donors (Lipinski definition) is 0. The quantitative estimate of drug-likeness (QED) is 0.408. The Morgan fingerprint density at radius 3 is 2.41 bits per heavy atom. The number of carbonyl (C=O) groups excluding carboxylic acids is 1. The van der Waals surface area contributed by atoms with E-state index in [4.69, 9.17) is 9.47 Å². The van der Waals surface area contributed by atoms with Crippen LogP contribution in [-0.2, 0) is 16.1 Å². The van der Waals surface area contributed by atoms with Gasteiger partial charge in [-0.05, 0) is 78.4 Å². The van der Waals surface area contributed by atoms with E-state index in [2.05, 4.69) is 27.5 Å². The highest BCUT2D eigenvalue weighted by Gasteiger charge is 2.24. The van der Waals surface area contributed by atoms with Crippen LogP contribution in [0.25, 0.3) is 0 Å². The Hall–Kier alpha value is -1.60. The molecule has 2 aromatic carbocycles. The van der Waals surface area contributed by atoms with Gasteiger partial charge in [-0.3, -0.25) is 9.69 Å². The van der Waals surface area contributed by atoms with Gasteiger partial charge in [0.15, 0.2) is 0 Å². The number of carbonyl (C=O) groups is 1. The highest BCUT2D eigenvalue weighted by atomic mass is 127. The van der Waals surface area contributed by atoms with E-state index in [0.29, 0.717) is 19.6 Å². The number of hydrogen-bond acceptors (Lipinski definition) is 4. The summed E-state index contributed by atoms with van der Waals surface area (Å²) in [4.78, 5) is 14.8. The lowest BCUT2D eigenvalue weighted by molar-refractivity contribution is -0.146. The van der Waals surface area contributed by atoms with Crippen molar-refractivity contribution in [2.24, 2.45) is 0 Å². The van der Waals surface area contributed by atoms with Crippen molar-refractivity contribution in [2.45, 2.75) is 38.3 Å². The summed E-state index contributed by atoms with van der Waals surface area (Å²) in [6.45, 7) is 2.87. The van der Waals surface area contributed by atoms with Crippen molar-refractivity contribution < 1.29 is 14.3 Å². The number of esters is 1. The summed E-state index contributed by atoms with van der Waals surface area (Å²) in [6.07, 6.45) is 3.98. The predicted octanol–water partition coefficient (Wildman–Crippen LogP) is 4.66. The molecule has 144 valence electrons. The maximum Gasteiger partial charge on any atom is 0.307 e. The van der Waals surface area contributed by atoms with Gasteiger partial charge in [0, 0.05) is 3.57 Å². The van der Waals surface area contributed by atoms with Crippen LogP contribution < -0.4 is 4.74 Å². The molecule has 0 amide bonds. The second kappa shape index (κ2) is 10.7. The molecule has 1 saturated heterocycles. The van der Waals surface area contributed by atoms with Crippen LogP contribution >= 0.6 is 22.6 Å². The zero-order valence-electron chi connectivity index (χ0n) is 15.5. The van der Waals surface area contributed by atoms with Crippen molar-refractivity contribution in [3.05, 3.63) is 63.7 Å². The van der Waals surface area contributed by atoms with Crippen LogP contribution in [0.4, 0.5) is 0 Å². The predicted molar refractivity (Wildman–Crippen MR) is 115 cm³/mol. The van der Waals surface area contributed by atoms with Crippen LogP contribution in [0, 0.1) is 3.57 Å². The molecule has 0 saturated carbocycles. The minimum atomic E-state index is -0.166. The third-order valence-corrected chi connectivity index (χ3v) is 5.53. The Labute approximate surface area is 175 Å². The highest BCUT2D eigenvalue weighted by Crippen LogP contribution is 2.18. The van der Waals surface area contributed by atoms with Gasteiger partial charge in [-0.1, -0.05) is 36.8 Å². The van der Waals surface area contributed by atoms with Crippen molar-refractivity contribution in [3.63, 3.8) is 0 Å². The minimum Gasteiger partial charge on any atom is -0.492 e. The molecule has 1 atom stereocenters. The summed E-state index contributed by atoms with van der Waals surface area (Å²) >= 11 is 2.28. The Kier molecular flexibility index (Phi) is 7.95. The smallest absolute Gasteiger partial charge is 0.307 e. The molecule has 0 aromatic heterocycles. The summed E-state index contributed by atoms with van der Waals surface area (Å²) in [5, 5.41) is 0. The fraction of sp³-hybridized carbons (Fsp3) is 0.409. The van der Waals surface area contributed by atoms with Crippen molar-refractivity contribution in [1.82, 2.24) is 4.90 Å². The van der Waals surface area contributed by atoms with Crippen molar-refractivity contribution in [1.29, 1.82) is 0 Å². The molecular formula is C22H26INO3. The zero-order chi connectivity index (χ0) is 18.9.